The van der Waals surface area contributed by atoms with Crippen LogP contribution in [0.15, 0.2) is 22.7 Å². The summed E-state index contributed by atoms with van der Waals surface area (Å²) in [6.45, 7) is 1.03. The maximum atomic E-state index is 11.7. The Morgan fingerprint density at radius 1 is 1.47 bits per heavy atom. The van der Waals surface area contributed by atoms with E-state index in [9.17, 15) is 4.79 Å². The first-order valence-corrected chi connectivity index (χ1v) is 5.96. The number of aliphatic hydroxyl groups is 1. The number of nitrogen functional groups attached to an aromatic ring is 1. The summed E-state index contributed by atoms with van der Waals surface area (Å²) in [6, 6.07) is 5.02. The van der Waals surface area contributed by atoms with Crippen LogP contribution in [0.25, 0.3) is 0 Å². The van der Waals surface area contributed by atoms with Crippen molar-refractivity contribution in [1.82, 2.24) is 5.32 Å². The molecule has 0 aromatic heterocycles. The smallest absolute Gasteiger partial charge is 0.251 e. The van der Waals surface area contributed by atoms with Crippen LogP contribution in [0.2, 0.25) is 0 Å². The summed E-state index contributed by atoms with van der Waals surface area (Å²) in [6.07, 6.45) is 0. The molecule has 0 heterocycles. The lowest BCUT2D eigenvalue weighted by Gasteiger charge is -2.06. The van der Waals surface area contributed by atoms with Gasteiger partial charge in [-0.2, -0.15) is 0 Å². The van der Waals surface area contributed by atoms with Gasteiger partial charge in [-0.15, -0.1) is 0 Å². The fourth-order valence-corrected chi connectivity index (χ4v) is 1.44. The predicted octanol–water partition coefficient (Wildman–Crippen LogP) is 0.770. The van der Waals surface area contributed by atoms with Gasteiger partial charge in [0.05, 0.1) is 19.8 Å². The largest absolute Gasteiger partial charge is 0.398 e. The van der Waals surface area contributed by atoms with Crippen molar-refractivity contribution >= 4 is 27.5 Å². The monoisotopic (exact) mass is 302 g/mol. The minimum atomic E-state index is -0.197. The SMILES string of the molecule is Nc1cc(C(=O)NCCOCCO)ccc1Br. The van der Waals surface area contributed by atoms with Crippen LogP contribution in [0, 0.1) is 0 Å². The Morgan fingerprint density at radius 2 is 2.24 bits per heavy atom. The molecule has 0 bridgehead atoms. The van der Waals surface area contributed by atoms with E-state index in [0.717, 1.165) is 4.47 Å². The van der Waals surface area contributed by atoms with E-state index in [1.807, 2.05) is 0 Å². The molecule has 1 amide bonds. The molecular weight excluding hydrogens is 288 g/mol. The molecule has 0 radical (unpaired) electrons. The minimum Gasteiger partial charge on any atom is -0.398 e. The Morgan fingerprint density at radius 3 is 2.88 bits per heavy atom. The first-order chi connectivity index (χ1) is 8.15. The van der Waals surface area contributed by atoms with Crippen LogP contribution in [-0.4, -0.2) is 37.4 Å². The zero-order valence-electron chi connectivity index (χ0n) is 9.28. The molecule has 94 valence electrons. The topological polar surface area (TPSA) is 84.6 Å². The molecular formula is C11H15BrN2O3. The van der Waals surface area contributed by atoms with Crippen LogP contribution in [0.1, 0.15) is 10.4 Å². The first kappa shape index (κ1) is 14.0. The number of rotatable bonds is 6. The number of nitrogens with two attached hydrogens (primary N) is 1. The number of anilines is 1. The second-order valence-corrected chi connectivity index (χ2v) is 4.18. The van der Waals surface area contributed by atoms with Crippen LogP contribution in [0.4, 0.5) is 5.69 Å². The molecule has 0 aliphatic carbocycles. The van der Waals surface area contributed by atoms with Gasteiger partial charge in [0.25, 0.3) is 5.91 Å². The highest BCUT2D eigenvalue weighted by Gasteiger charge is 2.06. The molecule has 0 aliphatic heterocycles. The molecule has 0 unspecified atom stereocenters. The second-order valence-electron chi connectivity index (χ2n) is 3.33. The van der Waals surface area contributed by atoms with Gasteiger partial charge in [0.2, 0.25) is 0 Å². The highest BCUT2D eigenvalue weighted by molar-refractivity contribution is 9.10. The van der Waals surface area contributed by atoms with Gasteiger partial charge in [0.1, 0.15) is 0 Å². The van der Waals surface area contributed by atoms with Gasteiger partial charge >= 0.3 is 0 Å². The van der Waals surface area contributed by atoms with Crippen LogP contribution in [-0.2, 0) is 4.74 Å². The van der Waals surface area contributed by atoms with Gasteiger partial charge in [0, 0.05) is 22.3 Å². The van der Waals surface area contributed by atoms with E-state index in [0.29, 0.717) is 24.4 Å². The van der Waals surface area contributed by atoms with Crippen molar-refractivity contribution < 1.29 is 14.6 Å². The highest BCUT2D eigenvalue weighted by Crippen LogP contribution is 2.19. The Bertz CT molecular complexity index is 385. The standard InChI is InChI=1S/C11H15BrN2O3/c12-9-2-1-8(7-10(9)13)11(16)14-3-5-17-6-4-15/h1-2,7,15H,3-6,13H2,(H,14,16). The van der Waals surface area contributed by atoms with Crippen LogP contribution in [0.3, 0.4) is 0 Å². The zero-order valence-corrected chi connectivity index (χ0v) is 10.9. The number of amides is 1. The number of hydrogen-bond donors (Lipinski definition) is 3. The zero-order chi connectivity index (χ0) is 12.7. The number of carbonyl (C=O) groups excluding carboxylic acids is 1. The quantitative estimate of drug-likeness (QED) is 0.535. The molecule has 0 atom stereocenters. The van der Waals surface area contributed by atoms with Crippen LogP contribution >= 0.6 is 15.9 Å². The van der Waals surface area contributed by atoms with Crippen LogP contribution in [0.5, 0.6) is 0 Å². The van der Waals surface area contributed by atoms with E-state index in [2.05, 4.69) is 21.2 Å². The molecule has 0 aliphatic rings. The van der Waals surface area contributed by atoms with E-state index >= 15 is 0 Å². The number of ether oxygens (including phenoxy) is 1. The molecule has 1 aromatic rings. The molecule has 6 heteroatoms. The van der Waals surface area contributed by atoms with E-state index < -0.39 is 0 Å². The van der Waals surface area contributed by atoms with Crippen molar-refractivity contribution in [2.24, 2.45) is 0 Å². The number of nitrogens with one attached hydrogen (secondary N) is 1. The maximum absolute atomic E-state index is 11.7. The van der Waals surface area contributed by atoms with Gasteiger partial charge < -0.3 is 20.9 Å². The van der Waals surface area contributed by atoms with E-state index in [4.69, 9.17) is 15.6 Å². The summed E-state index contributed by atoms with van der Waals surface area (Å²) in [5.74, 6) is -0.197. The van der Waals surface area contributed by atoms with Gasteiger partial charge in [-0.05, 0) is 34.1 Å². The molecule has 1 rings (SSSR count). The van der Waals surface area contributed by atoms with Crippen molar-refractivity contribution in [1.29, 1.82) is 0 Å². The molecule has 0 spiro atoms. The fraction of sp³-hybridized carbons (Fsp3) is 0.364. The van der Waals surface area contributed by atoms with Crippen molar-refractivity contribution in [2.75, 3.05) is 32.1 Å². The van der Waals surface area contributed by atoms with Crippen molar-refractivity contribution in [3.05, 3.63) is 28.2 Å². The normalized spacial score (nSPS) is 10.2. The summed E-state index contributed by atoms with van der Waals surface area (Å²) in [7, 11) is 0. The lowest BCUT2D eigenvalue weighted by atomic mass is 10.2. The molecule has 4 N–H and O–H groups in total. The molecule has 1 aromatic carbocycles. The molecule has 5 nitrogen and oxygen atoms in total. The highest BCUT2D eigenvalue weighted by atomic mass is 79.9. The summed E-state index contributed by atoms with van der Waals surface area (Å²) in [5, 5.41) is 11.2. The predicted molar refractivity (Wildman–Crippen MR) is 68.8 cm³/mol. The Kier molecular flexibility index (Phi) is 5.96. The number of aliphatic hydroxyl groups excluding tert-OH is 1. The molecule has 0 saturated carbocycles. The minimum absolute atomic E-state index is 0.0167. The lowest BCUT2D eigenvalue weighted by molar-refractivity contribution is 0.0838. The van der Waals surface area contributed by atoms with Gasteiger partial charge in [-0.25, -0.2) is 0 Å². The number of halogens is 1. The Balaban J connectivity index is 2.39. The van der Waals surface area contributed by atoms with E-state index in [-0.39, 0.29) is 19.1 Å². The first-order valence-electron chi connectivity index (χ1n) is 5.17. The summed E-state index contributed by atoms with van der Waals surface area (Å²) in [4.78, 5) is 11.7. The number of hydrogen-bond acceptors (Lipinski definition) is 4. The van der Waals surface area contributed by atoms with Crippen molar-refractivity contribution in [2.45, 2.75) is 0 Å². The van der Waals surface area contributed by atoms with E-state index in [1.165, 1.54) is 0 Å². The Labute approximate surface area is 108 Å². The molecule has 0 saturated heterocycles. The number of carbonyl (C=O) groups is 1. The second kappa shape index (κ2) is 7.26. The third-order valence-corrected chi connectivity index (χ3v) is 2.75. The maximum Gasteiger partial charge on any atom is 0.251 e. The summed E-state index contributed by atoms with van der Waals surface area (Å²) >= 11 is 3.26. The third kappa shape index (κ3) is 4.72. The molecule has 17 heavy (non-hydrogen) atoms. The van der Waals surface area contributed by atoms with Gasteiger partial charge in [-0.3, -0.25) is 4.79 Å². The van der Waals surface area contributed by atoms with E-state index in [1.54, 1.807) is 18.2 Å². The van der Waals surface area contributed by atoms with Gasteiger partial charge in [-0.1, -0.05) is 0 Å². The number of benzene rings is 1. The third-order valence-electron chi connectivity index (χ3n) is 2.03. The fourth-order valence-electron chi connectivity index (χ4n) is 1.19. The average Bonchev–Trinajstić information content (AvgIpc) is 2.32. The molecule has 0 fully saturated rings. The summed E-state index contributed by atoms with van der Waals surface area (Å²) < 4.78 is 5.78. The van der Waals surface area contributed by atoms with Gasteiger partial charge in [0.15, 0.2) is 0 Å². The van der Waals surface area contributed by atoms with Crippen LogP contribution < -0.4 is 11.1 Å². The average molecular weight is 303 g/mol. The summed E-state index contributed by atoms with van der Waals surface area (Å²) in [5.41, 5.74) is 6.70. The lowest BCUT2D eigenvalue weighted by Crippen LogP contribution is -2.27. The Hall–Kier alpha value is -1.11. The van der Waals surface area contributed by atoms with Crippen molar-refractivity contribution in [3.63, 3.8) is 0 Å². The van der Waals surface area contributed by atoms with Crippen molar-refractivity contribution in [3.8, 4) is 0 Å².